The molecule has 7 heteroatoms. The van der Waals surface area contributed by atoms with Crippen LogP contribution in [-0.4, -0.2) is 72.4 Å². The summed E-state index contributed by atoms with van der Waals surface area (Å²) in [6.45, 7) is 3.99. The van der Waals surface area contributed by atoms with Gasteiger partial charge in [-0.25, -0.2) is 12.7 Å². The molecule has 1 amide bonds. The highest BCUT2D eigenvalue weighted by molar-refractivity contribution is 7.90. The van der Waals surface area contributed by atoms with Crippen molar-refractivity contribution in [2.45, 2.75) is 43.5 Å². The van der Waals surface area contributed by atoms with Crippen LogP contribution in [0.2, 0.25) is 0 Å². The number of hydrogen-bond donors (Lipinski definition) is 0. The van der Waals surface area contributed by atoms with Crippen molar-refractivity contribution in [2.24, 2.45) is 0 Å². The van der Waals surface area contributed by atoms with Crippen molar-refractivity contribution in [2.75, 3.05) is 32.7 Å². The molecule has 1 saturated carbocycles. The average Bonchev–Trinajstić information content (AvgIpc) is 3.46. The molecule has 1 aromatic carbocycles. The lowest BCUT2D eigenvalue weighted by Crippen LogP contribution is -2.44. The number of benzene rings is 1. The second-order valence-electron chi connectivity index (χ2n) is 7.58. The first kappa shape index (κ1) is 17.9. The number of amides is 1. The Bertz CT molecular complexity index is 749. The van der Waals surface area contributed by atoms with Crippen molar-refractivity contribution in [3.05, 3.63) is 35.9 Å². The maximum absolute atomic E-state index is 12.9. The van der Waals surface area contributed by atoms with Gasteiger partial charge in [0.05, 0.1) is 11.3 Å². The quantitative estimate of drug-likeness (QED) is 0.776. The van der Waals surface area contributed by atoms with Crippen LogP contribution in [-0.2, 0) is 21.4 Å². The fourth-order valence-electron chi connectivity index (χ4n) is 4.08. The van der Waals surface area contributed by atoms with Gasteiger partial charge in [-0.2, -0.15) is 0 Å². The van der Waals surface area contributed by atoms with Gasteiger partial charge in [0.15, 0.2) is 0 Å². The predicted octanol–water partition coefficient (Wildman–Crippen LogP) is 1.29. The van der Waals surface area contributed by atoms with Crippen molar-refractivity contribution in [3.8, 4) is 0 Å². The van der Waals surface area contributed by atoms with E-state index in [1.54, 1.807) is 4.31 Å². The molecule has 142 valence electrons. The Hall–Kier alpha value is -1.44. The largest absolute Gasteiger partial charge is 0.337 e. The lowest BCUT2D eigenvalue weighted by Gasteiger charge is -2.26. The summed E-state index contributed by atoms with van der Waals surface area (Å²) in [7, 11) is -3.11. The van der Waals surface area contributed by atoms with Crippen LogP contribution in [0.1, 0.15) is 31.2 Å². The van der Waals surface area contributed by atoms with Gasteiger partial charge in [0.1, 0.15) is 0 Å². The zero-order chi connectivity index (χ0) is 18.1. The summed E-state index contributed by atoms with van der Waals surface area (Å²) in [5, 5.41) is -0.150. The zero-order valence-electron chi connectivity index (χ0n) is 15.1. The van der Waals surface area contributed by atoms with Crippen LogP contribution < -0.4 is 0 Å². The molecular weight excluding hydrogens is 350 g/mol. The van der Waals surface area contributed by atoms with E-state index in [0.29, 0.717) is 26.2 Å². The van der Waals surface area contributed by atoms with Crippen LogP contribution in [0.5, 0.6) is 0 Å². The molecule has 0 bridgehead atoms. The second-order valence-corrected chi connectivity index (χ2v) is 9.80. The zero-order valence-corrected chi connectivity index (χ0v) is 15.9. The summed E-state index contributed by atoms with van der Waals surface area (Å²) in [6, 6.07) is 9.98. The Kier molecular flexibility index (Phi) is 5.03. The van der Waals surface area contributed by atoms with Crippen molar-refractivity contribution in [3.63, 3.8) is 0 Å². The third-order valence-corrected chi connectivity index (χ3v) is 8.12. The summed E-state index contributed by atoms with van der Waals surface area (Å²) in [5.74, 6) is 0.187. The lowest BCUT2D eigenvalue weighted by molar-refractivity contribution is -0.132. The molecule has 1 aliphatic carbocycles. The second kappa shape index (κ2) is 7.29. The van der Waals surface area contributed by atoms with E-state index in [2.05, 4.69) is 4.90 Å². The fraction of sp³-hybridized carbons (Fsp3) is 0.632. The number of carbonyl (C=O) groups excluding carboxylic acids is 1. The molecular formula is C19H27N3O3S. The molecule has 4 rings (SSSR count). The van der Waals surface area contributed by atoms with E-state index in [-0.39, 0.29) is 17.2 Å². The number of likely N-dealkylation sites (tertiary alicyclic amines) is 1. The van der Waals surface area contributed by atoms with E-state index in [9.17, 15) is 13.2 Å². The fourth-order valence-corrected chi connectivity index (χ4v) is 5.95. The molecule has 0 aromatic heterocycles. The number of nitrogens with zero attached hydrogens (tertiary/aromatic N) is 3. The van der Waals surface area contributed by atoms with Gasteiger partial charge in [0.2, 0.25) is 15.9 Å². The summed E-state index contributed by atoms with van der Waals surface area (Å²) in [5.41, 5.74) is 1.15. The average molecular weight is 378 g/mol. The Morgan fingerprint density at radius 1 is 0.923 bits per heavy atom. The molecule has 0 spiro atoms. The van der Waals surface area contributed by atoms with Crippen molar-refractivity contribution in [1.29, 1.82) is 0 Å². The Balaban J connectivity index is 1.37. The first-order valence-electron chi connectivity index (χ1n) is 9.61. The SMILES string of the molecule is O=C1[C@H](N2CCCN(S(=O)(=O)C3CC3)CC2)CCN1Cc1ccccc1. The topological polar surface area (TPSA) is 60.9 Å². The Labute approximate surface area is 155 Å². The van der Waals surface area contributed by atoms with Crippen molar-refractivity contribution < 1.29 is 13.2 Å². The van der Waals surface area contributed by atoms with Crippen LogP contribution in [0.25, 0.3) is 0 Å². The number of hydrogen-bond acceptors (Lipinski definition) is 4. The standard InChI is InChI=1S/C19H27N3O3S/c23-19-18(9-12-21(19)15-16-5-2-1-3-6-16)20-10-4-11-22(14-13-20)26(24,25)17-7-8-17/h1-3,5-6,17-18H,4,7-15H2/t18-/m1/s1. The van der Waals surface area contributed by atoms with E-state index in [4.69, 9.17) is 0 Å². The van der Waals surface area contributed by atoms with Gasteiger partial charge < -0.3 is 4.90 Å². The normalized spacial score (nSPS) is 26.2. The van der Waals surface area contributed by atoms with Crippen LogP contribution in [0.3, 0.4) is 0 Å². The molecule has 0 radical (unpaired) electrons. The van der Waals surface area contributed by atoms with Crippen LogP contribution in [0, 0.1) is 0 Å². The van der Waals surface area contributed by atoms with Crippen LogP contribution in [0.15, 0.2) is 30.3 Å². The summed E-state index contributed by atoms with van der Waals surface area (Å²) < 4.78 is 26.6. The minimum absolute atomic E-state index is 0.0951. The highest BCUT2D eigenvalue weighted by Gasteiger charge is 2.42. The van der Waals surface area contributed by atoms with Gasteiger partial charge in [-0.3, -0.25) is 9.69 Å². The van der Waals surface area contributed by atoms with Gasteiger partial charge >= 0.3 is 0 Å². The highest BCUT2D eigenvalue weighted by Crippen LogP contribution is 2.31. The minimum atomic E-state index is -3.11. The highest BCUT2D eigenvalue weighted by atomic mass is 32.2. The predicted molar refractivity (Wildman–Crippen MR) is 100.0 cm³/mol. The molecule has 2 saturated heterocycles. The van der Waals surface area contributed by atoms with Gasteiger partial charge in [-0.15, -0.1) is 0 Å². The molecule has 0 unspecified atom stereocenters. The molecule has 3 aliphatic rings. The summed E-state index contributed by atoms with van der Waals surface area (Å²) in [4.78, 5) is 17.0. The first-order valence-corrected chi connectivity index (χ1v) is 11.1. The molecule has 2 heterocycles. The van der Waals surface area contributed by atoms with Crippen LogP contribution >= 0.6 is 0 Å². The van der Waals surface area contributed by atoms with Crippen molar-refractivity contribution >= 4 is 15.9 Å². The molecule has 2 aliphatic heterocycles. The molecule has 6 nitrogen and oxygen atoms in total. The van der Waals surface area contributed by atoms with E-state index >= 15 is 0 Å². The van der Waals surface area contributed by atoms with E-state index in [1.807, 2.05) is 35.2 Å². The van der Waals surface area contributed by atoms with Crippen LogP contribution in [0.4, 0.5) is 0 Å². The third kappa shape index (κ3) is 3.66. The number of rotatable bonds is 5. The van der Waals surface area contributed by atoms with Gasteiger partial charge in [-0.05, 0) is 31.2 Å². The van der Waals surface area contributed by atoms with E-state index < -0.39 is 10.0 Å². The number of sulfonamides is 1. The smallest absolute Gasteiger partial charge is 0.240 e. The third-order valence-electron chi connectivity index (χ3n) is 5.72. The maximum Gasteiger partial charge on any atom is 0.240 e. The summed E-state index contributed by atoms with van der Waals surface area (Å²) >= 11 is 0. The monoisotopic (exact) mass is 377 g/mol. The van der Waals surface area contributed by atoms with Crippen molar-refractivity contribution in [1.82, 2.24) is 14.1 Å². The van der Waals surface area contributed by atoms with Gasteiger partial charge in [0, 0.05) is 39.3 Å². The van der Waals surface area contributed by atoms with E-state index in [0.717, 1.165) is 44.3 Å². The van der Waals surface area contributed by atoms with E-state index in [1.165, 1.54) is 0 Å². The molecule has 3 fully saturated rings. The lowest BCUT2D eigenvalue weighted by atomic mass is 10.2. The Morgan fingerprint density at radius 2 is 1.69 bits per heavy atom. The molecule has 1 atom stereocenters. The molecule has 26 heavy (non-hydrogen) atoms. The molecule has 1 aromatic rings. The maximum atomic E-state index is 12.9. The minimum Gasteiger partial charge on any atom is -0.337 e. The van der Waals surface area contributed by atoms with Gasteiger partial charge in [0.25, 0.3) is 0 Å². The molecule has 0 N–H and O–H groups in total. The van der Waals surface area contributed by atoms with Gasteiger partial charge in [-0.1, -0.05) is 30.3 Å². The Morgan fingerprint density at radius 3 is 2.42 bits per heavy atom. The summed E-state index contributed by atoms with van der Waals surface area (Å²) in [6.07, 6.45) is 3.24. The number of carbonyl (C=O) groups is 1. The first-order chi connectivity index (χ1) is 12.6.